The highest BCUT2D eigenvalue weighted by Crippen LogP contribution is 2.26. The lowest BCUT2D eigenvalue weighted by Crippen LogP contribution is -1.98. The molecule has 11 nitrogen and oxygen atoms in total. The first-order chi connectivity index (χ1) is 10.8. The molecule has 0 N–H and O–H groups in total. The Labute approximate surface area is 127 Å². The minimum absolute atomic E-state index is 0.117. The predicted octanol–water partition coefficient (Wildman–Crippen LogP) is 2.32. The van der Waals surface area contributed by atoms with Gasteiger partial charge in [0.2, 0.25) is 5.82 Å². The standard InChI is InChI=1S/C12H9N5O6/c1-14-11(13-7-12(14)17(22)23)5-3-8-2-4-9(15(18)19)6-10(8)16(20)21/h2-7H,1H3. The summed E-state index contributed by atoms with van der Waals surface area (Å²) in [6, 6.07) is 3.21. The van der Waals surface area contributed by atoms with Crippen LogP contribution in [0.15, 0.2) is 24.4 Å². The third-order valence-corrected chi connectivity index (χ3v) is 3.02. The topological polar surface area (TPSA) is 147 Å². The third-order valence-electron chi connectivity index (χ3n) is 3.02. The van der Waals surface area contributed by atoms with E-state index in [2.05, 4.69) is 4.98 Å². The van der Waals surface area contributed by atoms with Crippen LogP contribution in [-0.2, 0) is 7.05 Å². The lowest BCUT2D eigenvalue weighted by molar-refractivity contribution is -0.394. The monoisotopic (exact) mass is 319 g/mol. The minimum atomic E-state index is -0.743. The summed E-state index contributed by atoms with van der Waals surface area (Å²) in [6.07, 6.45) is 3.72. The molecule has 0 aliphatic heterocycles. The van der Waals surface area contributed by atoms with E-state index in [0.29, 0.717) is 0 Å². The normalized spacial score (nSPS) is 10.8. The molecule has 0 unspecified atom stereocenters. The van der Waals surface area contributed by atoms with Crippen LogP contribution in [0.1, 0.15) is 11.4 Å². The maximum atomic E-state index is 11.0. The second-order valence-corrected chi connectivity index (χ2v) is 4.38. The van der Waals surface area contributed by atoms with Crippen molar-refractivity contribution in [3.63, 3.8) is 0 Å². The molecule has 0 saturated carbocycles. The molecule has 0 aliphatic carbocycles. The van der Waals surface area contributed by atoms with Crippen LogP contribution in [-0.4, -0.2) is 24.3 Å². The molecule has 1 aromatic heterocycles. The van der Waals surface area contributed by atoms with Crippen molar-refractivity contribution in [2.45, 2.75) is 0 Å². The van der Waals surface area contributed by atoms with Gasteiger partial charge >= 0.3 is 5.82 Å². The molecule has 118 valence electrons. The van der Waals surface area contributed by atoms with E-state index < -0.39 is 26.1 Å². The van der Waals surface area contributed by atoms with Crippen LogP contribution < -0.4 is 0 Å². The Morgan fingerprint density at radius 3 is 2.26 bits per heavy atom. The third kappa shape index (κ3) is 3.18. The molecule has 0 radical (unpaired) electrons. The molecular formula is C12H9N5O6. The average molecular weight is 319 g/mol. The number of hydrogen-bond donors (Lipinski definition) is 0. The van der Waals surface area contributed by atoms with Gasteiger partial charge in [-0.3, -0.25) is 20.2 Å². The summed E-state index contributed by atoms with van der Waals surface area (Å²) in [5.74, 6) is -0.0211. The fraction of sp³-hybridized carbons (Fsp3) is 0.0833. The Morgan fingerprint density at radius 1 is 1.04 bits per heavy atom. The van der Waals surface area contributed by atoms with Gasteiger partial charge in [-0.1, -0.05) is 0 Å². The second-order valence-electron chi connectivity index (χ2n) is 4.38. The Kier molecular flexibility index (Phi) is 4.12. The first-order valence-electron chi connectivity index (χ1n) is 6.08. The van der Waals surface area contributed by atoms with Crippen LogP contribution in [0.3, 0.4) is 0 Å². The zero-order valence-electron chi connectivity index (χ0n) is 11.6. The largest absolute Gasteiger partial charge is 0.358 e. The summed E-state index contributed by atoms with van der Waals surface area (Å²) in [5.41, 5.74) is -0.730. The molecule has 0 spiro atoms. The number of imidazole rings is 1. The smallest absolute Gasteiger partial charge is 0.342 e. The number of hydrogen-bond acceptors (Lipinski definition) is 7. The molecule has 0 saturated heterocycles. The van der Waals surface area contributed by atoms with E-state index in [0.717, 1.165) is 18.3 Å². The van der Waals surface area contributed by atoms with Gasteiger partial charge in [0.15, 0.2) is 0 Å². The summed E-state index contributed by atoms with van der Waals surface area (Å²) in [4.78, 5) is 34.1. The summed E-state index contributed by atoms with van der Waals surface area (Å²) in [7, 11) is 1.43. The lowest BCUT2D eigenvalue weighted by Gasteiger charge is -1.98. The number of aromatic nitrogens is 2. The van der Waals surface area contributed by atoms with Gasteiger partial charge in [0.25, 0.3) is 11.4 Å². The molecule has 0 aliphatic rings. The zero-order chi connectivity index (χ0) is 17.1. The Balaban J connectivity index is 2.41. The van der Waals surface area contributed by atoms with Crippen molar-refractivity contribution in [2.24, 2.45) is 7.05 Å². The van der Waals surface area contributed by atoms with Crippen LogP contribution >= 0.6 is 0 Å². The molecule has 11 heteroatoms. The highest BCUT2D eigenvalue weighted by molar-refractivity contribution is 5.73. The molecule has 0 atom stereocenters. The molecule has 0 fully saturated rings. The van der Waals surface area contributed by atoms with Crippen LogP contribution in [0.5, 0.6) is 0 Å². The minimum Gasteiger partial charge on any atom is -0.358 e. The molecule has 0 bridgehead atoms. The first kappa shape index (κ1) is 15.8. The van der Waals surface area contributed by atoms with Crippen molar-refractivity contribution in [2.75, 3.05) is 0 Å². The number of nitrogens with zero attached hydrogens (tertiary/aromatic N) is 5. The molecule has 1 aromatic carbocycles. The summed E-state index contributed by atoms with van der Waals surface area (Å²) in [5, 5.41) is 32.4. The predicted molar refractivity (Wildman–Crippen MR) is 78.5 cm³/mol. The molecule has 0 amide bonds. The highest BCUT2D eigenvalue weighted by atomic mass is 16.6. The van der Waals surface area contributed by atoms with E-state index in [1.807, 2.05) is 0 Å². The van der Waals surface area contributed by atoms with Crippen LogP contribution in [0, 0.1) is 30.3 Å². The SMILES string of the molecule is Cn1c([N+](=O)[O-])cnc1C=Cc1ccc([N+](=O)[O-])cc1[N+](=O)[O-]. The average Bonchev–Trinajstić information content (AvgIpc) is 2.85. The fourth-order valence-electron chi connectivity index (χ4n) is 1.85. The van der Waals surface area contributed by atoms with Crippen molar-refractivity contribution in [1.82, 2.24) is 9.55 Å². The maximum absolute atomic E-state index is 11.0. The van der Waals surface area contributed by atoms with E-state index in [4.69, 9.17) is 0 Å². The van der Waals surface area contributed by atoms with Gasteiger partial charge in [-0.25, -0.2) is 9.55 Å². The first-order valence-corrected chi connectivity index (χ1v) is 6.08. The summed E-state index contributed by atoms with van der Waals surface area (Å²) in [6.45, 7) is 0. The maximum Gasteiger partial charge on any atom is 0.342 e. The number of nitro groups is 3. The summed E-state index contributed by atoms with van der Waals surface area (Å²) < 4.78 is 1.20. The van der Waals surface area contributed by atoms with Gasteiger partial charge in [-0.05, 0) is 17.1 Å². The van der Waals surface area contributed by atoms with Gasteiger partial charge in [-0.15, -0.1) is 0 Å². The van der Waals surface area contributed by atoms with Crippen molar-refractivity contribution in [1.29, 1.82) is 0 Å². The summed E-state index contributed by atoms with van der Waals surface area (Å²) >= 11 is 0. The van der Waals surface area contributed by atoms with Crippen molar-refractivity contribution < 1.29 is 14.8 Å². The van der Waals surface area contributed by atoms with Crippen LogP contribution in [0.2, 0.25) is 0 Å². The number of rotatable bonds is 5. The van der Waals surface area contributed by atoms with Crippen molar-refractivity contribution in [3.8, 4) is 0 Å². The van der Waals surface area contributed by atoms with Gasteiger partial charge in [-0.2, -0.15) is 0 Å². The fourth-order valence-corrected chi connectivity index (χ4v) is 1.85. The van der Waals surface area contributed by atoms with Gasteiger partial charge in [0.05, 0.1) is 28.5 Å². The Morgan fingerprint density at radius 2 is 1.74 bits per heavy atom. The lowest BCUT2D eigenvalue weighted by atomic mass is 10.1. The molecule has 1 heterocycles. The van der Waals surface area contributed by atoms with E-state index in [1.165, 1.54) is 29.8 Å². The van der Waals surface area contributed by atoms with Crippen molar-refractivity contribution in [3.05, 3.63) is 66.1 Å². The highest BCUT2D eigenvalue weighted by Gasteiger charge is 2.19. The second kappa shape index (κ2) is 6.01. The molecule has 23 heavy (non-hydrogen) atoms. The van der Waals surface area contributed by atoms with E-state index in [-0.39, 0.29) is 17.2 Å². The number of nitro benzene ring substituents is 2. The van der Waals surface area contributed by atoms with E-state index >= 15 is 0 Å². The van der Waals surface area contributed by atoms with Crippen LogP contribution in [0.25, 0.3) is 12.2 Å². The van der Waals surface area contributed by atoms with Crippen LogP contribution in [0.4, 0.5) is 17.2 Å². The molecule has 2 rings (SSSR count). The van der Waals surface area contributed by atoms with Crippen molar-refractivity contribution >= 4 is 29.3 Å². The van der Waals surface area contributed by atoms with Gasteiger partial charge in [0, 0.05) is 12.1 Å². The van der Waals surface area contributed by atoms with Gasteiger partial charge < -0.3 is 10.1 Å². The number of non-ortho nitro benzene ring substituents is 1. The van der Waals surface area contributed by atoms with Gasteiger partial charge in [0.1, 0.15) is 6.20 Å². The van der Waals surface area contributed by atoms with E-state index in [9.17, 15) is 30.3 Å². The number of benzene rings is 1. The quantitative estimate of drug-likeness (QED) is 0.606. The molecule has 2 aromatic rings. The Bertz CT molecular complexity index is 840. The molecular weight excluding hydrogens is 310 g/mol. The zero-order valence-corrected chi connectivity index (χ0v) is 11.6. The Hall–Kier alpha value is -3.63. The van der Waals surface area contributed by atoms with E-state index in [1.54, 1.807) is 0 Å².